The van der Waals surface area contributed by atoms with Gasteiger partial charge in [0.05, 0.1) is 0 Å². The van der Waals surface area contributed by atoms with Crippen molar-refractivity contribution in [3.63, 3.8) is 0 Å². The third kappa shape index (κ3) is 16.9. The number of hydrogen-bond acceptors (Lipinski definition) is 1. The minimum absolute atomic E-state index is 0. The van der Waals surface area contributed by atoms with Gasteiger partial charge in [-0.05, 0) is 60.2 Å². The van der Waals surface area contributed by atoms with Gasteiger partial charge >= 0.3 is 0 Å². The fourth-order valence-electron chi connectivity index (χ4n) is 5.14. The van der Waals surface area contributed by atoms with E-state index in [1.807, 2.05) is 0 Å². The van der Waals surface area contributed by atoms with E-state index in [9.17, 15) is 0 Å². The van der Waals surface area contributed by atoms with Gasteiger partial charge in [-0.15, -0.1) is 0 Å². The van der Waals surface area contributed by atoms with E-state index in [1.54, 1.807) is 0 Å². The van der Waals surface area contributed by atoms with Crippen LogP contribution in [0.4, 0.5) is 0 Å². The molecule has 0 N–H and O–H groups in total. The van der Waals surface area contributed by atoms with E-state index in [0.717, 1.165) is 23.4 Å². The normalized spacial score (nSPS) is 17.8. The van der Waals surface area contributed by atoms with Crippen molar-refractivity contribution in [3.8, 4) is 0 Å². The summed E-state index contributed by atoms with van der Waals surface area (Å²) in [7, 11) is -1.39. The second kappa shape index (κ2) is 20.7. The summed E-state index contributed by atoms with van der Waals surface area (Å²) in [5.41, 5.74) is 4.26. The molecule has 0 bridgehead atoms. The summed E-state index contributed by atoms with van der Waals surface area (Å²) in [4.78, 5) is 0. The van der Waals surface area contributed by atoms with Crippen molar-refractivity contribution in [2.75, 3.05) is 0 Å². The minimum atomic E-state index is -1.39. The Morgan fingerprint density at radius 2 is 1.11 bits per heavy atom. The van der Waals surface area contributed by atoms with E-state index in [0.29, 0.717) is 10.8 Å². The van der Waals surface area contributed by atoms with Crippen LogP contribution in [0.1, 0.15) is 147 Å². The average molecular weight is 580 g/mol. The monoisotopic (exact) mass is 579 g/mol. The van der Waals surface area contributed by atoms with Crippen LogP contribution in [-0.2, 0) is 21.7 Å². The largest absolute Gasteiger partial charge is 0.271 e. The molecule has 0 aromatic carbocycles. The first-order valence-electron chi connectivity index (χ1n) is 15.6. The van der Waals surface area contributed by atoms with Crippen LogP contribution in [-0.4, -0.2) is 17.0 Å². The Morgan fingerprint density at radius 1 is 0.737 bits per heavy atom. The molecule has 220 valence electrons. The minimum Gasteiger partial charge on any atom is -0.271 e. The number of rotatable bonds is 14. The average Bonchev–Trinajstić information content (AvgIpc) is 3.33. The van der Waals surface area contributed by atoms with Crippen molar-refractivity contribution >= 4 is 7.05 Å². The second-order valence-corrected chi connectivity index (χ2v) is 18.0. The van der Waals surface area contributed by atoms with Gasteiger partial charge in [0, 0.05) is 33.8 Å². The van der Waals surface area contributed by atoms with E-state index >= 15 is 0 Å². The van der Waals surface area contributed by atoms with Crippen molar-refractivity contribution in [2.24, 2.45) is 15.6 Å². The molecule has 0 saturated heterocycles. The SMILES string of the molecule is CC(C)(C)C=CC=CC(C)(C)C.CCCCC(C)P(=NC1=CC=CC1)(C(C)CCCC)C(C)CCCC.[Ti]. The summed E-state index contributed by atoms with van der Waals surface area (Å²) in [5.74, 6) is 0. The van der Waals surface area contributed by atoms with E-state index < -0.39 is 7.05 Å². The van der Waals surface area contributed by atoms with Crippen LogP contribution >= 0.6 is 7.05 Å². The molecule has 0 amide bonds. The van der Waals surface area contributed by atoms with Gasteiger partial charge < -0.3 is 0 Å². The van der Waals surface area contributed by atoms with E-state index in [1.165, 1.54) is 63.5 Å². The molecule has 0 saturated carbocycles. The molecular weight excluding hydrogens is 513 g/mol. The van der Waals surface area contributed by atoms with Gasteiger partial charge in [0.2, 0.25) is 0 Å². The van der Waals surface area contributed by atoms with Gasteiger partial charge in [-0.25, -0.2) is 0 Å². The van der Waals surface area contributed by atoms with Gasteiger partial charge in [0.15, 0.2) is 0 Å². The number of nitrogens with zero attached hydrogens (tertiary/aromatic N) is 1. The van der Waals surface area contributed by atoms with Crippen LogP contribution in [0.3, 0.4) is 0 Å². The first-order chi connectivity index (χ1) is 17.2. The zero-order valence-electron chi connectivity index (χ0n) is 27.7. The molecule has 1 rings (SSSR count). The van der Waals surface area contributed by atoms with Crippen molar-refractivity contribution in [1.82, 2.24) is 0 Å². The first-order valence-corrected chi connectivity index (χ1v) is 17.5. The van der Waals surface area contributed by atoms with Gasteiger partial charge in [-0.1, -0.05) is 158 Å². The molecule has 0 aromatic heterocycles. The Labute approximate surface area is 255 Å². The number of hydrogen-bond donors (Lipinski definition) is 0. The van der Waals surface area contributed by atoms with Crippen molar-refractivity contribution in [1.29, 1.82) is 0 Å². The molecule has 1 aliphatic carbocycles. The van der Waals surface area contributed by atoms with E-state index in [4.69, 9.17) is 4.74 Å². The van der Waals surface area contributed by atoms with Crippen LogP contribution in [0, 0.1) is 10.8 Å². The summed E-state index contributed by atoms with van der Waals surface area (Å²) in [6, 6.07) is 0. The predicted molar refractivity (Wildman–Crippen MR) is 175 cm³/mol. The maximum Gasteiger partial charge on any atom is 0.0425 e. The molecule has 1 aliphatic rings. The van der Waals surface area contributed by atoms with Crippen molar-refractivity contribution in [3.05, 3.63) is 48.2 Å². The predicted octanol–water partition coefficient (Wildman–Crippen LogP) is 13.0. The molecular formula is C35H66NPTi. The summed E-state index contributed by atoms with van der Waals surface area (Å²) in [6.07, 6.45) is 28.6. The molecule has 0 spiro atoms. The van der Waals surface area contributed by atoms with E-state index in [-0.39, 0.29) is 21.7 Å². The fraction of sp³-hybridized carbons (Fsp3) is 0.771. The zero-order valence-corrected chi connectivity index (χ0v) is 30.2. The summed E-state index contributed by atoms with van der Waals surface area (Å²) in [6.45, 7) is 27.8. The molecule has 3 unspecified atom stereocenters. The van der Waals surface area contributed by atoms with Crippen molar-refractivity contribution in [2.45, 2.75) is 164 Å². The first kappa shape index (κ1) is 40.0. The molecule has 38 heavy (non-hydrogen) atoms. The van der Waals surface area contributed by atoms with E-state index in [2.05, 4.69) is 126 Å². The number of allylic oxidation sites excluding steroid dienone is 7. The van der Waals surface area contributed by atoms with Crippen LogP contribution in [0.25, 0.3) is 0 Å². The Bertz CT molecular complexity index is 708. The summed E-state index contributed by atoms with van der Waals surface area (Å²) >= 11 is 0. The standard InChI is InChI=1S/C23H44NP.C12H22.Ti/c1-7-10-15-20(4)25(21(5)16-11-8-2,22(6)17-12-9-3)24-23-18-13-14-19-23;1-11(2,3)9-7-8-10-12(4,5)6;/h13-14,18,20-22H,7-12,15-17,19H2,1-6H3;7-10H,1-6H3;. The smallest absolute Gasteiger partial charge is 0.0425 e. The Balaban J connectivity index is 0. The molecule has 0 aliphatic heterocycles. The second-order valence-electron chi connectivity index (χ2n) is 13.6. The zero-order chi connectivity index (χ0) is 28.5. The van der Waals surface area contributed by atoms with Crippen LogP contribution in [0.5, 0.6) is 0 Å². The van der Waals surface area contributed by atoms with Crippen LogP contribution < -0.4 is 0 Å². The maximum atomic E-state index is 5.68. The summed E-state index contributed by atoms with van der Waals surface area (Å²) < 4.78 is 5.68. The number of unbranched alkanes of at least 4 members (excludes halogenated alkanes) is 3. The van der Waals surface area contributed by atoms with Crippen LogP contribution in [0.15, 0.2) is 53.0 Å². The molecule has 3 heteroatoms. The Kier molecular flexibility index (Phi) is 21.8. The van der Waals surface area contributed by atoms with Gasteiger partial charge in [-0.2, -0.15) is 0 Å². The molecule has 1 nitrogen and oxygen atoms in total. The molecule has 0 heterocycles. The third-order valence-corrected chi connectivity index (χ3v) is 13.0. The quantitative estimate of drug-likeness (QED) is 0.110. The Hall–Kier alpha value is -0.0957. The topological polar surface area (TPSA) is 12.4 Å². The Morgan fingerprint density at radius 3 is 1.37 bits per heavy atom. The molecule has 3 atom stereocenters. The van der Waals surface area contributed by atoms with Gasteiger partial charge in [0.25, 0.3) is 0 Å². The van der Waals surface area contributed by atoms with Gasteiger partial charge in [-0.3, -0.25) is 4.74 Å². The van der Waals surface area contributed by atoms with Crippen molar-refractivity contribution < 1.29 is 21.7 Å². The van der Waals surface area contributed by atoms with Gasteiger partial charge in [0.1, 0.15) is 0 Å². The third-order valence-electron chi connectivity index (χ3n) is 7.40. The maximum absolute atomic E-state index is 5.68. The van der Waals surface area contributed by atoms with Crippen LogP contribution in [0.2, 0.25) is 0 Å². The molecule has 0 radical (unpaired) electrons. The summed E-state index contributed by atoms with van der Waals surface area (Å²) in [5, 5.41) is 0. The molecule has 0 fully saturated rings. The molecule has 0 aromatic rings. The fourth-order valence-corrected chi connectivity index (χ4v) is 10.7.